The number of alkyl halides is 3. The van der Waals surface area contributed by atoms with Gasteiger partial charge in [-0.05, 0) is 80.0 Å². The van der Waals surface area contributed by atoms with Gasteiger partial charge in [0.2, 0.25) is 11.8 Å². The van der Waals surface area contributed by atoms with Crippen LogP contribution < -0.4 is 15.4 Å². The number of carboxylic acids is 1. The summed E-state index contributed by atoms with van der Waals surface area (Å²) in [6.07, 6.45) is -6.28. The standard InChI is InChI=1S/C51H53F3N8O7S2/c1-25-28(4)71-49-42(25)43(57-37(21-41(65)66)46-60-59-29(5)62(46)49)32-13-11-31(12-14-32)34-17-18-39(36(19-34)51(52,53)54)69-23-40(64)58-45(50(6,7)8)48(68)61-22-35(63)20-38(61)47(67)56-26(2)30-9-15-33(16-10-30)44-27(3)55-24-70-44/h9-19,24,26,35,37-38,45,63H,20-23H2,1-8H3,(H,56,67)(H,58,64)(H,65,66)/t26?,35-,37+,38+,45?/m1/s1. The number of aliphatic hydroxyl groups excluding tert-OH is 1. The number of aliphatic carboxylic acids is 1. The molecule has 1 fully saturated rings. The number of benzene rings is 3. The molecule has 0 spiro atoms. The fourth-order valence-electron chi connectivity index (χ4n) is 8.93. The Balaban J connectivity index is 0.960. The Morgan fingerprint density at radius 1 is 0.901 bits per heavy atom. The maximum atomic E-state index is 14.7. The quantitative estimate of drug-likeness (QED) is 0.0870. The summed E-state index contributed by atoms with van der Waals surface area (Å²) in [5.41, 5.74) is 5.94. The van der Waals surface area contributed by atoms with Crippen LogP contribution in [-0.2, 0) is 25.4 Å². The zero-order valence-electron chi connectivity index (χ0n) is 40.2. The molecule has 0 bridgehead atoms. The number of nitrogens with zero attached hydrogens (tertiary/aromatic N) is 6. The van der Waals surface area contributed by atoms with E-state index >= 15 is 0 Å². The topological polar surface area (TPSA) is 201 Å². The molecule has 3 amide bonds. The summed E-state index contributed by atoms with van der Waals surface area (Å²) < 4.78 is 51.5. The largest absolute Gasteiger partial charge is 0.483 e. The molecular weight excluding hydrogens is 958 g/mol. The van der Waals surface area contributed by atoms with Crippen LogP contribution in [-0.4, -0.2) is 95.6 Å². The number of amides is 3. The summed E-state index contributed by atoms with van der Waals surface area (Å²) >= 11 is 3.04. The maximum absolute atomic E-state index is 14.7. The lowest BCUT2D eigenvalue weighted by atomic mass is 9.85. The van der Waals surface area contributed by atoms with E-state index in [0.717, 1.165) is 54.8 Å². The molecule has 1 saturated heterocycles. The number of halogens is 3. The van der Waals surface area contributed by atoms with Crippen LogP contribution in [0.5, 0.6) is 5.75 Å². The minimum atomic E-state index is -4.89. The highest BCUT2D eigenvalue weighted by molar-refractivity contribution is 7.15. The summed E-state index contributed by atoms with van der Waals surface area (Å²) in [5.74, 6) is -2.72. The number of nitrogens with one attached hydrogen (secondary N) is 2. The molecule has 15 nitrogen and oxygen atoms in total. The predicted molar refractivity (Wildman–Crippen MR) is 263 cm³/mol. The number of aliphatic hydroxyl groups is 1. The van der Waals surface area contributed by atoms with E-state index in [4.69, 9.17) is 9.73 Å². The fraction of sp³-hybridized carbons (Fsp3) is 0.373. The number of thiazole rings is 1. The number of β-amino-alcohol motifs (C(OH)–C–C–N with tert-alkyl or cyclic N) is 1. The number of aryl methyl sites for hydroxylation is 3. The van der Waals surface area contributed by atoms with E-state index in [1.807, 2.05) is 56.5 Å². The number of aliphatic imine (C=N–C) groups is 1. The van der Waals surface area contributed by atoms with Crippen molar-refractivity contribution in [2.75, 3.05) is 13.2 Å². The van der Waals surface area contributed by atoms with E-state index in [9.17, 15) is 42.6 Å². The van der Waals surface area contributed by atoms with E-state index in [1.54, 1.807) is 57.5 Å². The van der Waals surface area contributed by atoms with Gasteiger partial charge in [0.05, 0.1) is 45.9 Å². The first-order valence-electron chi connectivity index (χ1n) is 22.9. The minimum absolute atomic E-state index is 0.0347. The van der Waals surface area contributed by atoms with Crippen LogP contribution in [0.3, 0.4) is 0 Å². The van der Waals surface area contributed by atoms with Crippen LogP contribution in [0.25, 0.3) is 26.6 Å². The molecule has 3 aromatic heterocycles. The fourth-order valence-corrected chi connectivity index (χ4v) is 11.0. The molecule has 3 aromatic carbocycles. The molecule has 0 radical (unpaired) electrons. The first-order chi connectivity index (χ1) is 33.5. The van der Waals surface area contributed by atoms with E-state index in [1.165, 1.54) is 33.6 Å². The Labute approximate surface area is 415 Å². The number of hydrogen-bond acceptors (Lipinski definition) is 12. The summed E-state index contributed by atoms with van der Waals surface area (Å²) in [4.78, 5) is 66.0. The summed E-state index contributed by atoms with van der Waals surface area (Å²) in [6, 6.07) is 14.3. The van der Waals surface area contributed by atoms with E-state index < -0.39 is 83.5 Å². The summed E-state index contributed by atoms with van der Waals surface area (Å²) in [5, 5.41) is 35.4. The minimum Gasteiger partial charge on any atom is -0.483 e. The van der Waals surface area contributed by atoms with Crippen molar-refractivity contribution >= 4 is 52.1 Å². The van der Waals surface area contributed by atoms with Gasteiger partial charge in [-0.15, -0.1) is 32.9 Å². The third kappa shape index (κ3) is 10.5. The molecule has 2 aliphatic rings. The van der Waals surface area contributed by atoms with Crippen LogP contribution in [0.4, 0.5) is 13.2 Å². The van der Waals surface area contributed by atoms with Gasteiger partial charge in [0.15, 0.2) is 12.4 Å². The van der Waals surface area contributed by atoms with Gasteiger partial charge in [-0.3, -0.25) is 28.7 Å². The summed E-state index contributed by atoms with van der Waals surface area (Å²) in [6.45, 7) is 13.5. The van der Waals surface area contributed by atoms with E-state index in [-0.39, 0.29) is 24.9 Å². The third-order valence-corrected chi connectivity index (χ3v) is 15.0. The molecule has 0 aliphatic carbocycles. The SMILES string of the molecule is Cc1ncsc1-c1ccc(C(C)NC(=O)[C@@H]2C[C@@H](O)CN2C(=O)C(NC(=O)COc2ccc(-c3ccc(C4=N[C@@H](CC(=O)O)c5nnc(C)n5-c5sc(C)c(C)c54)cc3)cc2C(F)(F)F)C(C)(C)C)cc1. The highest BCUT2D eigenvalue weighted by atomic mass is 32.1. The van der Waals surface area contributed by atoms with Gasteiger partial charge >= 0.3 is 12.1 Å². The maximum Gasteiger partial charge on any atom is 0.419 e. The molecule has 372 valence electrons. The first-order valence-corrected chi connectivity index (χ1v) is 24.6. The molecule has 8 rings (SSSR count). The van der Waals surface area contributed by atoms with Gasteiger partial charge < -0.3 is 30.5 Å². The van der Waals surface area contributed by atoms with E-state index in [0.29, 0.717) is 28.5 Å². The van der Waals surface area contributed by atoms with Crippen molar-refractivity contribution in [1.29, 1.82) is 0 Å². The molecule has 6 aromatic rings. The number of ether oxygens (including phenoxy) is 1. The number of carboxylic acid groups (broad SMARTS) is 1. The first kappa shape index (κ1) is 50.6. The molecule has 4 N–H and O–H groups in total. The molecule has 20 heteroatoms. The van der Waals surface area contributed by atoms with Gasteiger partial charge in [-0.2, -0.15) is 13.2 Å². The second kappa shape index (κ2) is 19.8. The number of carbonyl (C=O) groups excluding carboxylic acids is 3. The lowest BCUT2D eigenvalue weighted by Crippen LogP contribution is -2.58. The monoisotopic (exact) mass is 1010 g/mol. The second-order valence-electron chi connectivity index (χ2n) is 19.0. The Morgan fingerprint density at radius 3 is 2.20 bits per heavy atom. The molecule has 71 heavy (non-hydrogen) atoms. The highest BCUT2D eigenvalue weighted by Crippen LogP contribution is 2.42. The third-order valence-electron chi connectivity index (χ3n) is 12.8. The van der Waals surface area contributed by atoms with Crippen LogP contribution in [0, 0.1) is 33.1 Å². The van der Waals surface area contributed by atoms with Gasteiger partial charge in [-0.25, -0.2) is 4.98 Å². The van der Waals surface area contributed by atoms with Crippen molar-refractivity contribution in [2.24, 2.45) is 10.4 Å². The van der Waals surface area contributed by atoms with Crippen molar-refractivity contribution in [3.05, 3.63) is 122 Å². The molecule has 0 saturated carbocycles. The Morgan fingerprint density at radius 2 is 1.56 bits per heavy atom. The number of thiophene rings is 1. The highest BCUT2D eigenvalue weighted by Gasteiger charge is 2.45. The van der Waals surface area contributed by atoms with Crippen molar-refractivity contribution in [2.45, 2.75) is 105 Å². The van der Waals surface area contributed by atoms with Crippen LogP contribution in [0.15, 0.2) is 77.2 Å². The van der Waals surface area contributed by atoms with Gasteiger partial charge in [0, 0.05) is 29.0 Å². The second-order valence-corrected chi connectivity index (χ2v) is 21.0. The van der Waals surface area contributed by atoms with Gasteiger partial charge in [0.25, 0.3) is 5.91 Å². The number of fused-ring (bicyclic) bond motifs is 3. The molecule has 5 atom stereocenters. The lowest BCUT2D eigenvalue weighted by molar-refractivity contribution is -0.144. The zero-order valence-corrected chi connectivity index (χ0v) is 41.8. The van der Waals surface area contributed by atoms with Crippen molar-refractivity contribution < 1.29 is 47.3 Å². The van der Waals surface area contributed by atoms with E-state index in [2.05, 4.69) is 25.8 Å². The van der Waals surface area contributed by atoms with Crippen LogP contribution in [0.2, 0.25) is 0 Å². The normalized spacial score (nSPS) is 17.7. The van der Waals surface area contributed by atoms with Crippen molar-refractivity contribution in [3.8, 4) is 32.3 Å². The zero-order chi connectivity index (χ0) is 51.3. The number of carbonyl (C=O) groups is 4. The van der Waals surface area contributed by atoms with Gasteiger partial charge in [0.1, 0.15) is 34.7 Å². The molecule has 5 heterocycles. The number of aromatic nitrogens is 4. The Bertz CT molecular complexity index is 3050. The number of hydrogen-bond donors (Lipinski definition) is 4. The molecular formula is C51H53F3N8O7S2. The predicted octanol–water partition coefficient (Wildman–Crippen LogP) is 8.49. The average Bonchev–Trinajstić information content (AvgIpc) is 4.08. The van der Waals surface area contributed by atoms with Crippen LogP contribution in [0.1, 0.15) is 103 Å². The average molecular weight is 1010 g/mol. The van der Waals surface area contributed by atoms with Gasteiger partial charge in [-0.1, -0.05) is 75.4 Å². The Kier molecular flexibility index (Phi) is 14.1. The summed E-state index contributed by atoms with van der Waals surface area (Å²) in [7, 11) is 0. The van der Waals surface area contributed by atoms with Crippen molar-refractivity contribution in [1.82, 2.24) is 35.3 Å². The Hall–Kier alpha value is -6.77. The van der Waals surface area contributed by atoms with Crippen LogP contribution >= 0.6 is 22.7 Å². The molecule has 2 aliphatic heterocycles. The smallest absolute Gasteiger partial charge is 0.419 e. The number of rotatable bonds is 13. The molecule has 2 unspecified atom stereocenters. The lowest BCUT2D eigenvalue weighted by Gasteiger charge is -2.35. The number of likely N-dealkylation sites (tertiary alicyclic amines) is 1. The van der Waals surface area contributed by atoms with Crippen molar-refractivity contribution in [3.63, 3.8) is 0 Å².